The summed E-state index contributed by atoms with van der Waals surface area (Å²) in [4.78, 5) is 9.83. The van der Waals surface area contributed by atoms with Crippen molar-refractivity contribution in [3.63, 3.8) is 0 Å². The topological polar surface area (TPSA) is 123 Å². The van der Waals surface area contributed by atoms with E-state index < -0.39 is 5.90 Å². The lowest BCUT2D eigenvalue weighted by atomic mass is 9.98. The van der Waals surface area contributed by atoms with Crippen LogP contribution in [0.1, 0.15) is 24.8 Å². The smallest absolute Gasteiger partial charge is 0.320 e. The van der Waals surface area contributed by atoms with E-state index in [1.807, 2.05) is 68.4 Å². The van der Waals surface area contributed by atoms with Crippen LogP contribution < -0.4 is 25.0 Å². The molecular weight excluding hydrogens is 490 g/mol. The highest BCUT2D eigenvalue weighted by molar-refractivity contribution is 7.21. The first-order valence-electron chi connectivity index (χ1n) is 11.5. The number of ether oxygens (including phenoxy) is 2. The first kappa shape index (κ1) is 24.3. The van der Waals surface area contributed by atoms with Crippen molar-refractivity contribution >= 4 is 39.0 Å². The average molecular weight is 516 g/mol. The van der Waals surface area contributed by atoms with E-state index in [9.17, 15) is 5.11 Å². The maximum absolute atomic E-state index is 13.2. The van der Waals surface area contributed by atoms with Crippen LogP contribution in [0.4, 0.5) is 11.6 Å². The number of aromatic nitrogens is 3. The first-order valence-corrected chi connectivity index (χ1v) is 12.4. The van der Waals surface area contributed by atoms with E-state index in [-0.39, 0.29) is 22.5 Å². The molecule has 10 heteroatoms. The fourth-order valence-electron chi connectivity index (χ4n) is 3.97. The number of pyridine rings is 1. The van der Waals surface area contributed by atoms with Crippen LogP contribution in [0.15, 0.2) is 70.3 Å². The fraction of sp³-hybridized carbons (Fsp3) is 0.185. The number of methoxy groups -OCH3 is 2. The van der Waals surface area contributed by atoms with Gasteiger partial charge in [0.25, 0.3) is 6.20 Å². The van der Waals surface area contributed by atoms with Crippen LogP contribution in [-0.2, 0) is 0 Å². The highest BCUT2D eigenvalue weighted by Crippen LogP contribution is 2.44. The molecule has 9 nitrogen and oxygen atoms in total. The minimum atomic E-state index is -0.530. The summed E-state index contributed by atoms with van der Waals surface area (Å²) < 4.78 is 17.9. The molecule has 3 heterocycles. The lowest BCUT2D eigenvalue weighted by Gasteiger charge is -2.14. The van der Waals surface area contributed by atoms with E-state index in [0.29, 0.717) is 21.7 Å². The van der Waals surface area contributed by atoms with Gasteiger partial charge in [0.2, 0.25) is 5.27 Å². The summed E-state index contributed by atoms with van der Waals surface area (Å²) in [6, 6.07) is 17.4. The van der Waals surface area contributed by atoms with Crippen molar-refractivity contribution < 1.29 is 23.8 Å². The summed E-state index contributed by atoms with van der Waals surface area (Å²) in [6.07, 6.45) is 1.57. The molecule has 2 N–H and O–H groups in total. The summed E-state index contributed by atoms with van der Waals surface area (Å²) in [5.74, 6) is 0.863. The van der Waals surface area contributed by atoms with E-state index >= 15 is 0 Å². The van der Waals surface area contributed by atoms with Crippen molar-refractivity contribution in [3.05, 3.63) is 65.7 Å². The lowest BCUT2D eigenvalue weighted by molar-refractivity contribution is -0.779. The van der Waals surface area contributed by atoms with Gasteiger partial charge in [-0.05, 0) is 42.8 Å². The second-order valence-corrected chi connectivity index (χ2v) is 9.54. The molecule has 0 spiro atoms. The van der Waals surface area contributed by atoms with E-state index in [1.165, 1.54) is 11.3 Å². The second kappa shape index (κ2) is 9.90. The maximum Gasteiger partial charge on any atom is 0.320 e. The van der Waals surface area contributed by atoms with Crippen LogP contribution in [0.5, 0.6) is 11.5 Å². The molecule has 0 saturated carbocycles. The number of rotatable bonds is 7. The van der Waals surface area contributed by atoms with E-state index in [1.54, 1.807) is 25.1 Å². The Morgan fingerprint density at radius 1 is 1.08 bits per heavy atom. The van der Waals surface area contributed by atoms with Crippen molar-refractivity contribution in [2.75, 3.05) is 20.0 Å². The summed E-state index contributed by atoms with van der Waals surface area (Å²) >= 11 is 1.19. The number of hydrogen-bond donors (Lipinski definition) is 1. The zero-order chi connectivity index (χ0) is 26.1. The number of fused-ring (bicyclic) bond motifs is 1. The fourth-order valence-corrected chi connectivity index (χ4v) is 4.97. The minimum Gasteiger partial charge on any atom is -0.857 e. The van der Waals surface area contributed by atoms with Crippen LogP contribution in [-0.4, -0.2) is 30.4 Å². The van der Waals surface area contributed by atoms with Gasteiger partial charge < -0.3 is 20.3 Å². The normalized spacial score (nSPS) is 11.9. The van der Waals surface area contributed by atoms with E-state index in [0.717, 1.165) is 22.4 Å². The molecule has 3 aromatic heterocycles. The molecule has 0 fully saturated rings. The Balaban J connectivity index is 1.74. The van der Waals surface area contributed by atoms with Gasteiger partial charge in [0.05, 0.1) is 30.5 Å². The molecule has 0 aliphatic rings. The highest BCUT2D eigenvalue weighted by Gasteiger charge is 2.21. The lowest BCUT2D eigenvalue weighted by Crippen LogP contribution is -2.36. The molecular formula is C27H25N5O4S. The van der Waals surface area contributed by atoms with Crippen molar-refractivity contribution in [1.82, 2.24) is 10.3 Å². The molecule has 0 amide bonds. The van der Waals surface area contributed by atoms with Gasteiger partial charge in [-0.15, -0.1) is 11.3 Å². The number of aliphatic imine (C=N–C) groups is 1. The summed E-state index contributed by atoms with van der Waals surface area (Å²) in [5, 5.41) is 17.7. The Labute approximate surface area is 217 Å². The Kier molecular flexibility index (Phi) is 6.49. The third-order valence-electron chi connectivity index (χ3n) is 5.87. The standard InChI is InChI=1S/C27H25N5O4S/c1-15(2)32-14-22(36-31-32)30-26(33)25-24(28)23-19(18-12-17(34-3)10-11-21(18)35-4)13-20(29-27(23)37-25)16-8-6-5-7-9-16/h5-15H,1-4H3,(H2-,28,30,31,33). The van der Waals surface area contributed by atoms with Gasteiger partial charge in [-0.25, -0.2) is 9.98 Å². The molecule has 37 heavy (non-hydrogen) atoms. The van der Waals surface area contributed by atoms with Crippen molar-refractivity contribution in [1.29, 1.82) is 0 Å². The summed E-state index contributed by atoms with van der Waals surface area (Å²) in [5.41, 5.74) is 10.1. The Morgan fingerprint density at radius 3 is 2.54 bits per heavy atom. The predicted molar refractivity (Wildman–Crippen MR) is 141 cm³/mol. The SMILES string of the molecule is COc1ccc(OC)c(-c2cc(-c3ccccc3)nc3sc(/C([O-])=N/c4c[n+](C(C)C)no4)c(N)c23)c1. The van der Waals surface area contributed by atoms with Gasteiger partial charge in [-0.1, -0.05) is 30.3 Å². The molecule has 0 aliphatic carbocycles. The van der Waals surface area contributed by atoms with Crippen LogP contribution in [0.25, 0.3) is 32.6 Å². The van der Waals surface area contributed by atoms with Gasteiger partial charge in [-0.3, -0.25) is 4.52 Å². The number of nitrogen functional groups attached to an aromatic ring is 1. The number of hydrogen-bond acceptors (Lipinski definition) is 9. The van der Waals surface area contributed by atoms with Crippen molar-refractivity contribution in [3.8, 4) is 33.9 Å². The zero-order valence-electron chi connectivity index (χ0n) is 20.8. The molecule has 0 unspecified atom stereocenters. The molecule has 2 aromatic carbocycles. The number of anilines is 1. The van der Waals surface area contributed by atoms with E-state index in [2.05, 4.69) is 10.3 Å². The number of nitrogens with zero attached hydrogens (tertiary/aromatic N) is 4. The third kappa shape index (κ3) is 4.58. The molecule has 0 aliphatic heterocycles. The molecule has 0 bridgehead atoms. The van der Waals surface area contributed by atoms with Gasteiger partial charge in [0.1, 0.15) is 16.3 Å². The highest BCUT2D eigenvalue weighted by atomic mass is 32.1. The molecule has 5 rings (SSSR count). The monoisotopic (exact) mass is 515 g/mol. The molecule has 0 atom stereocenters. The summed E-state index contributed by atoms with van der Waals surface area (Å²) in [6.45, 7) is 3.89. The van der Waals surface area contributed by atoms with Gasteiger partial charge in [-0.2, -0.15) is 0 Å². The van der Waals surface area contributed by atoms with Gasteiger partial charge in [0.15, 0.2) is 6.04 Å². The zero-order valence-corrected chi connectivity index (χ0v) is 21.6. The largest absolute Gasteiger partial charge is 0.857 e. The number of thiophene rings is 1. The first-order chi connectivity index (χ1) is 17.9. The molecule has 5 aromatic rings. The average Bonchev–Trinajstić information content (AvgIpc) is 3.53. The quantitative estimate of drug-likeness (QED) is 0.192. The Morgan fingerprint density at radius 2 is 1.86 bits per heavy atom. The van der Waals surface area contributed by atoms with Crippen LogP contribution in [0, 0.1) is 0 Å². The number of benzene rings is 2. The Hall–Kier alpha value is -4.44. The molecule has 0 saturated heterocycles. The molecule has 0 radical (unpaired) electrons. The second-order valence-electron chi connectivity index (χ2n) is 8.54. The maximum atomic E-state index is 13.2. The predicted octanol–water partition coefficient (Wildman–Crippen LogP) is 4.52. The van der Waals surface area contributed by atoms with Crippen LogP contribution in [0.3, 0.4) is 0 Å². The van der Waals surface area contributed by atoms with Gasteiger partial charge in [0, 0.05) is 28.0 Å². The van der Waals surface area contributed by atoms with E-state index in [4.69, 9.17) is 24.7 Å². The molecule has 188 valence electrons. The summed E-state index contributed by atoms with van der Waals surface area (Å²) in [7, 11) is 3.21. The van der Waals surface area contributed by atoms with Crippen LogP contribution >= 0.6 is 11.3 Å². The van der Waals surface area contributed by atoms with Crippen molar-refractivity contribution in [2.45, 2.75) is 19.9 Å². The minimum absolute atomic E-state index is 0.0678. The van der Waals surface area contributed by atoms with Crippen LogP contribution in [0.2, 0.25) is 0 Å². The van der Waals surface area contributed by atoms with Gasteiger partial charge >= 0.3 is 5.88 Å². The number of nitrogens with two attached hydrogens (primary N) is 1. The Bertz CT molecular complexity index is 1610. The van der Waals surface area contributed by atoms with Crippen molar-refractivity contribution in [2.24, 2.45) is 4.99 Å². The third-order valence-corrected chi connectivity index (χ3v) is 6.96.